The molecule has 0 spiro atoms. The molecule has 0 unspecified atom stereocenters. The molecule has 5 aromatic carbocycles. The normalized spacial score (nSPS) is 12.9. The number of benzene rings is 5. The lowest BCUT2D eigenvalue weighted by molar-refractivity contribution is 1.20. The van der Waals surface area contributed by atoms with Crippen molar-refractivity contribution in [2.24, 2.45) is 0 Å². The summed E-state index contributed by atoms with van der Waals surface area (Å²) in [6.45, 7) is 9.97. The van der Waals surface area contributed by atoms with Crippen LogP contribution in [-0.4, -0.2) is 7.05 Å². The van der Waals surface area contributed by atoms with Gasteiger partial charge >= 0.3 is 0 Å². The third-order valence-corrected chi connectivity index (χ3v) is 8.56. The van der Waals surface area contributed by atoms with Gasteiger partial charge in [0.25, 0.3) is 0 Å². The molecule has 230 valence electrons. The zero-order valence-electron chi connectivity index (χ0n) is 27.2. The van der Waals surface area contributed by atoms with Gasteiger partial charge in [0.15, 0.2) is 0 Å². The molecule has 0 fully saturated rings. The highest BCUT2D eigenvalue weighted by atomic mass is 15.1. The highest BCUT2D eigenvalue weighted by molar-refractivity contribution is 5.80. The lowest BCUT2D eigenvalue weighted by Gasteiger charge is -2.27. The van der Waals surface area contributed by atoms with E-state index in [0.29, 0.717) is 0 Å². The van der Waals surface area contributed by atoms with Gasteiger partial charge in [0.05, 0.1) is 0 Å². The van der Waals surface area contributed by atoms with Gasteiger partial charge in [-0.2, -0.15) is 0 Å². The summed E-state index contributed by atoms with van der Waals surface area (Å²) < 4.78 is 0. The molecule has 2 nitrogen and oxygen atoms in total. The molecule has 1 aliphatic carbocycles. The molecule has 0 bridgehead atoms. The first-order chi connectivity index (χ1) is 23.0. The standard InChI is InChI=1S/C45H40N2/c1-5-12-35(6-2)38-22-29-43(30-23-38)47(42-17-11-16-37(21-28-42)36-14-8-7-9-15-36)44-31-24-40(25-32-44)39-19-26-41(27-20-39)46(4)45-18-10-13-34(3)33-45/h5-15,17-33H,1-2,16H2,3-4H3/b35-12+. The third-order valence-electron chi connectivity index (χ3n) is 8.56. The number of hydrogen-bond donors (Lipinski definition) is 0. The second kappa shape index (κ2) is 14.5. The molecule has 47 heavy (non-hydrogen) atoms. The van der Waals surface area contributed by atoms with Crippen LogP contribution in [0.15, 0.2) is 189 Å². The van der Waals surface area contributed by atoms with Crippen molar-refractivity contribution >= 4 is 33.9 Å². The van der Waals surface area contributed by atoms with E-state index < -0.39 is 0 Å². The quantitative estimate of drug-likeness (QED) is 0.146. The Balaban J connectivity index is 1.32. The van der Waals surface area contributed by atoms with E-state index in [1.807, 2.05) is 12.2 Å². The van der Waals surface area contributed by atoms with Gasteiger partial charge in [-0.05, 0) is 113 Å². The van der Waals surface area contributed by atoms with Crippen molar-refractivity contribution in [1.29, 1.82) is 0 Å². The van der Waals surface area contributed by atoms with Gasteiger partial charge in [-0.1, -0.05) is 122 Å². The molecule has 0 saturated heterocycles. The molecule has 2 heteroatoms. The van der Waals surface area contributed by atoms with Crippen LogP contribution in [0.25, 0.3) is 22.3 Å². The number of nitrogens with zero attached hydrogens (tertiary/aromatic N) is 2. The maximum atomic E-state index is 3.99. The highest BCUT2D eigenvalue weighted by Gasteiger charge is 2.15. The predicted octanol–water partition coefficient (Wildman–Crippen LogP) is 12.3. The largest absolute Gasteiger partial charge is 0.345 e. The minimum atomic E-state index is 0.875. The molecular formula is C45H40N2. The summed E-state index contributed by atoms with van der Waals surface area (Å²) in [5.41, 5.74) is 13.9. The Morgan fingerprint density at radius 1 is 0.638 bits per heavy atom. The van der Waals surface area contributed by atoms with Crippen LogP contribution < -0.4 is 9.80 Å². The summed E-state index contributed by atoms with van der Waals surface area (Å²) >= 11 is 0. The molecular weight excluding hydrogens is 569 g/mol. The van der Waals surface area contributed by atoms with Crippen LogP contribution in [0.5, 0.6) is 0 Å². The third kappa shape index (κ3) is 7.19. The van der Waals surface area contributed by atoms with E-state index in [4.69, 9.17) is 0 Å². The first kappa shape index (κ1) is 31.1. The first-order valence-electron chi connectivity index (χ1n) is 16.0. The fourth-order valence-electron chi connectivity index (χ4n) is 5.96. The SMILES string of the molecule is C=C/C=C(\C=C)c1ccc(N(C2=CC=C(c3ccccc3)CC=C2)c2ccc(-c3ccc(N(C)c4cccc(C)c4)cc3)cc2)cc1. The minimum absolute atomic E-state index is 0.875. The Labute approximate surface area is 280 Å². The molecule has 5 aromatic rings. The van der Waals surface area contributed by atoms with Gasteiger partial charge in [-0.25, -0.2) is 0 Å². The van der Waals surface area contributed by atoms with Gasteiger partial charge in [0.2, 0.25) is 0 Å². The number of hydrogen-bond acceptors (Lipinski definition) is 2. The maximum absolute atomic E-state index is 3.99. The zero-order valence-corrected chi connectivity index (χ0v) is 27.2. The van der Waals surface area contributed by atoms with E-state index in [9.17, 15) is 0 Å². The molecule has 0 aliphatic heterocycles. The number of aryl methyl sites for hydroxylation is 1. The Morgan fingerprint density at radius 3 is 1.89 bits per heavy atom. The first-order valence-corrected chi connectivity index (χ1v) is 16.0. The molecule has 0 amide bonds. The molecule has 0 radical (unpaired) electrons. The van der Waals surface area contributed by atoms with E-state index in [0.717, 1.165) is 40.3 Å². The van der Waals surface area contributed by atoms with Gasteiger partial charge in [0.1, 0.15) is 0 Å². The lowest BCUT2D eigenvalue weighted by atomic mass is 10.0. The summed E-state index contributed by atoms with van der Waals surface area (Å²) in [4.78, 5) is 4.54. The Bertz CT molecular complexity index is 1970. The summed E-state index contributed by atoms with van der Waals surface area (Å²) in [6, 6.07) is 45.5. The summed E-state index contributed by atoms with van der Waals surface area (Å²) in [6.07, 6.45) is 15.5. The second-order valence-electron chi connectivity index (χ2n) is 11.7. The van der Waals surface area contributed by atoms with Crippen molar-refractivity contribution < 1.29 is 0 Å². The highest BCUT2D eigenvalue weighted by Crippen LogP contribution is 2.35. The van der Waals surface area contributed by atoms with E-state index >= 15 is 0 Å². The summed E-state index contributed by atoms with van der Waals surface area (Å²) in [5, 5.41) is 0. The maximum Gasteiger partial charge on any atom is 0.0462 e. The minimum Gasteiger partial charge on any atom is -0.345 e. The van der Waals surface area contributed by atoms with Gasteiger partial charge in [0, 0.05) is 35.5 Å². The van der Waals surface area contributed by atoms with Crippen LogP contribution in [0.2, 0.25) is 0 Å². The van der Waals surface area contributed by atoms with E-state index in [2.05, 4.69) is 189 Å². The Kier molecular flexibility index (Phi) is 9.60. The van der Waals surface area contributed by atoms with E-state index in [-0.39, 0.29) is 0 Å². The second-order valence-corrected chi connectivity index (χ2v) is 11.7. The van der Waals surface area contributed by atoms with Crippen LogP contribution in [0.3, 0.4) is 0 Å². The predicted molar refractivity (Wildman–Crippen MR) is 204 cm³/mol. The number of allylic oxidation sites excluding steroid dienone is 9. The molecule has 0 N–H and O–H groups in total. The Morgan fingerprint density at radius 2 is 1.28 bits per heavy atom. The van der Waals surface area contributed by atoms with Crippen molar-refractivity contribution in [3.05, 3.63) is 205 Å². The average Bonchev–Trinajstić information content (AvgIpc) is 3.38. The fraction of sp³-hybridized carbons (Fsp3) is 0.0667. The fourth-order valence-corrected chi connectivity index (χ4v) is 5.96. The molecule has 0 heterocycles. The van der Waals surface area contributed by atoms with Gasteiger partial charge in [-0.15, -0.1) is 0 Å². The zero-order chi connectivity index (χ0) is 32.6. The van der Waals surface area contributed by atoms with Crippen molar-refractivity contribution in [3.63, 3.8) is 0 Å². The van der Waals surface area contributed by atoms with Gasteiger partial charge in [-0.3, -0.25) is 0 Å². The van der Waals surface area contributed by atoms with Crippen molar-refractivity contribution in [1.82, 2.24) is 0 Å². The van der Waals surface area contributed by atoms with E-state index in [1.165, 1.54) is 33.5 Å². The smallest absolute Gasteiger partial charge is 0.0462 e. The summed E-state index contributed by atoms with van der Waals surface area (Å²) in [7, 11) is 2.11. The molecule has 0 atom stereocenters. The van der Waals surface area contributed by atoms with E-state index in [1.54, 1.807) is 6.08 Å². The number of anilines is 4. The van der Waals surface area contributed by atoms with Crippen LogP contribution in [0, 0.1) is 6.92 Å². The van der Waals surface area contributed by atoms with Crippen molar-refractivity contribution in [2.75, 3.05) is 16.8 Å². The summed E-state index contributed by atoms with van der Waals surface area (Å²) in [5.74, 6) is 0. The number of rotatable bonds is 10. The van der Waals surface area contributed by atoms with Crippen LogP contribution in [0.1, 0.15) is 23.1 Å². The molecule has 0 saturated carbocycles. The molecule has 1 aliphatic rings. The molecule has 6 rings (SSSR count). The average molecular weight is 609 g/mol. The van der Waals surface area contributed by atoms with Crippen molar-refractivity contribution in [2.45, 2.75) is 13.3 Å². The van der Waals surface area contributed by atoms with Crippen LogP contribution in [0.4, 0.5) is 22.7 Å². The Hall–Kier alpha value is -5.86. The van der Waals surface area contributed by atoms with Crippen LogP contribution >= 0.6 is 0 Å². The monoisotopic (exact) mass is 608 g/mol. The van der Waals surface area contributed by atoms with Crippen molar-refractivity contribution in [3.8, 4) is 11.1 Å². The molecule has 0 aromatic heterocycles. The topological polar surface area (TPSA) is 6.48 Å². The lowest BCUT2D eigenvalue weighted by Crippen LogP contribution is -2.15. The van der Waals surface area contributed by atoms with Gasteiger partial charge < -0.3 is 9.80 Å². The van der Waals surface area contributed by atoms with Crippen LogP contribution in [-0.2, 0) is 0 Å².